The molecule has 1 saturated heterocycles. The van der Waals surface area contributed by atoms with Gasteiger partial charge >= 0.3 is 0 Å². The number of carbonyl (C=O) groups excluding carboxylic acids is 2. The van der Waals surface area contributed by atoms with Gasteiger partial charge in [0.25, 0.3) is 0 Å². The predicted octanol–water partition coefficient (Wildman–Crippen LogP) is 2.24. The van der Waals surface area contributed by atoms with Crippen molar-refractivity contribution in [3.05, 3.63) is 60.3 Å². The van der Waals surface area contributed by atoms with Crippen LogP contribution in [0.15, 0.2) is 54.7 Å². The van der Waals surface area contributed by atoms with Crippen LogP contribution in [0.1, 0.15) is 24.9 Å². The lowest BCUT2D eigenvalue weighted by Gasteiger charge is -2.35. The molecule has 0 spiro atoms. The van der Waals surface area contributed by atoms with E-state index in [1.54, 1.807) is 6.20 Å². The number of nitrogens with zero attached hydrogens (tertiary/aromatic N) is 3. The lowest BCUT2D eigenvalue weighted by molar-refractivity contribution is -0.135. The van der Waals surface area contributed by atoms with E-state index in [2.05, 4.69) is 15.2 Å². The highest BCUT2D eigenvalue weighted by atomic mass is 16.2. The Hall–Kier alpha value is -2.89. The Morgan fingerprint density at radius 2 is 1.71 bits per heavy atom. The van der Waals surface area contributed by atoms with E-state index in [0.29, 0.717) is 19.5 Å². The van der Waals surface area contributed by atoms with Crippen LogP contribution < -0.4 is 10.2 Å². The predicted molar refractivity (Wildman–Crippen MR) is 108 cm³/mol. The van der Waals surface area contributed by atoms with Gasteiger partial charge in [-0.2, -0.15) is 0 Å². The topological polar surface area (TPSA) is 65.5 Å². The summed E-state index contributed by atoms with van der Waals surface area (Å²) in [6.07, 6.45) is 2.45. The van der Waals surface area contributed by atoms with Crippen LogP contribution in [0.4, 0.5) is 5.82 Å². The van der Waals surface area contributed by atoms with E-state index < -0.39 is 0 Å². The van der Waals surface area contributed by atoms with Crippen molar-refractivity contribution in [2.75, 3.05) is 31.1 Å². The Kier molecular flexibility index (Phi) is 5.28. The lowest BCUT2D eigenvalue weighted by atomic mass is 10.1. The van der Waals surface area contributed by atoms with Gasteiger partial charge in [-0.05, 0) is 31.0 Å². The average Bonchev–Trinajstić information content (AvgIpc) is 3.56. The zero-order valence-corrected chi connectivity index (χ0v) is 16.1. The average molecular weight is 378 g/mol. The first-order valence-corrected chi connectivity index (χ1v) is 9.93. The summed E-state index contributed by atoms with van der Waals surface area (Å²) < 4.78 is 0. The van der Waals surface area contributed by atoms with Crippen LogP contribution in [-0.4, -0.2) is 47.9 Å². The fourth-order valence-corrected chi connectivity index (χ4v) is 3.83. The van der Waals surface area contributed by atoms with Gasteiger partial charge in [-0.15, -0.1) is 0 Å². The monoisotopic (exact) mass is 378 g/mol. The maximum atomic E-state index is 12.8. The summed E-state index contributed by atoms with van der Waals surface area (Å²) in [6.45, 7) is 4.89. The molecule has 2 amide bonds. The number of carbonyl (C=O) groups is 2. The fraction of sp³-hybridized carbons (Fsp3) is 0.409. The van der Waals surface area contributed by atoms with E-state index in [1.165, 1.54) is 0 Å². The van der Waals surface area contributed by atoms with E-state index in [-0.39, 0.29) is 29.7 Å². The van der Waals surface area contributed by atoms with Crippen molar-refractivity contribution in [3.63, 3.8) is 0 Å². The summed E-state index contributed by atoms with van der Waals surface area (Å²) in [6, 6.07) is 15.7. The van der Waals surface area contributed by atoms with Crippen LogP contribution >= 0.6 is 0 Å². The summed E-state index contributed by atoms with van der Waals surface area (Å²) >= 11 is 0. The molecule has 2 aliphatic rings. The number of rotatable bonds is 5. The molecular formula is C22H26N4O2. The Morgan fingerprint density at radius 3 is 2.39 bits per heavy atom. The largest absolute Gasteiger partial charge is 0.353 e. The first-order chi connectivity index (χ1) is 13.6. The zero-order chi connectivity index (χ0) is 19.5. The molecule has 1 aliphatic carbocycles. The van der Waals surface area contributed by atoms with Crippen molar-refractivity contribution < 1.29 is 9.59 Å². The number of amides is 2. The van der Waals surface area contributed by atoms with E-state index in [1.807, 2.05) is 60.4 Å². The molecule has 2 heterocycles. The molecular weight excluding hydrogens is 352 g/mol. The highest BCUT2D eigenvalue weighted by Gasteiger charge is 2.49. The van der Waals surface area contributed by atoms with Crippen LogP contribution in [0.25, 0.3) is 0 Å². The Balaban J connectivity index is 1.26. The van der Waals surface area contributed by atoms with Crippen LogP contribution in [0.5, 0.6) is 0 Å². The van der Waals surface area contributed by atoms with Gasteiger partial charge in [0.05, 0.1) is 17.9 Å². The van der Waals surface area contributed by atoms with Crippen molar-refractivity contribution in [1.29, 1.82) is 0 Å². The van der Waals surface area contributed by atoms with Gasteiger partial charge in [0.15, 0.2) is 0 Å². The maximum absolute atomic E-state index is 12.8. The Morgan fingerprint density at radius 1 is 1.00 bits per heavy atom. The highest BCUT2D eigenvalue weighted by molar-refractivity contribution is 5.92. The minimum Gasteiger partial charge on any atom is -0.353 e. The minimum atomic E-state index is -0.188. The lowest BCUT2D eigenvalue weighted by Crippen LogP contribution is -2.49. The molecule has 1 aromatic heterocycles. The summed E-state index contributed by atoms with van der Waals surface area (Å²) in [7, 11) is 0. The molecule has 3 unspecified atom stereocenters. The summed E-state index contributed by atoms with van der Waals surface area (Å²) in [5.74, 6) is 0.708. The van der Waals surface area contributed by atoms with Gasteiger partial charge in [-0.3, -0.25) is 9.59 Å². The van der Waals surface area contributed by atoms with Crippen molar-refractivity contribution in [2.45, 2.75) is 19.4 Å². The third-order valence-electron chi connectivity index (χ3n) is 5.67. The van der Waals surface area contributed by atoms with Gasteiger partial charge in [0.2, 0.25) is 11.8 Å². The number of nitrogens with one attached hydrogen (secondary N) is 1. The molecule has 1 aliphatic heterocycles. The minimum absolute atomic E-state index is 0.0122. The number of pyridine rings is 1. The van der Waals surface area contributed by atoms with Crippen LogP contribution in [0, 0.1) is 11.8 Å². The standard InChI is InChI=1S/C22H26N4O2/c1-16(17-7-3-2-4-8-17)24-21(27)18-15-19(18)22(28)26-13-11-25(12-14-26)20-9-5-6-10-23-20/h2-10,16,18-19H,11-15H2,1H3,(H,24,27). The molecule has 146 valence electrons. The molecule has 1 N–H and O–H groups in total. The quantitative estimate of drug-likeness (QED) is 0.867. The number of benzene rings is 1. The zero-order valence-electron chi connectivity index (χ0n) is 16.1. The third kappa shape index (κ3) is 4.01. The fourth-order valence-electron chi connectivity index (χ4n) is 3.83. The molecule has 2 fully saturated rings. The Labute approximate surface area is 165 Å². The van der Waals surface area contributed by atoms with Crippen LogP contribution in [0.3, 0.4) is 0 Å². The van der Waals surface area contributed by atoms with E-state index in [0.717, 1.165) is 24.5 Å². The van der Waals surface area contributed by atoms with Crippen molar-refractivity contribution in [3.8, 4) is 0 Å². The maximum Gasteiger partial charge on any atom is 0.226 e. The molecule has 3 atom stereocenters. The molecule has 28 heavy (non-hydrogen) atoms. The number of aromatic nitrogens is 1. The van der Waals surface area contributed by atoms with Crippen molar-refractivity contribution in [2.24, 2.45) is 11.8 Å². The third-order valence-corrected chi connectivity index (χ3v) is 5.67. The smallest absolute Gasteiger partial charge is 0.226 e. The molecule has 1 aromatic carbocycles. The van der Waals surface area contributed by atoms with Gasteiger partial charge in [-0.1, -0.05) is 36.4 Å². The van der Waals surface area contributed by atoms with Gasteiger partial charge in [0, 0.05) is 32.4 Å². The Bertz CT molecular complexity index is 819. The second-order valence-electron chi connectivity index (χ2n) is 7.59. The summed E-state index contributed by atoms with van der Waals surface area (Å²) in [4.78, 5) is 33.8. The molecule has 2 aromatic rings. The number of anilines is 1. The first-order valence-electron chi connectivity index (χ1n) is 9.93. The second-order valence-corrected chi connectivity index (χ2v) is 7.59. The molecule has 4 rings (SSSR count). The number of piperazine rings is 1. The number of hydrogen-bond acceptors (Lipinski definition) is 4. The SMILES string of the molecule is CC(NC(=O)C1CC1C(=O)N1CCN(c2ccccn2)CC1)c1ccccc1. The van der Waals surface area contributed by atoms with Crippen LogP contribution in [0.2, 0.25) is 0 Å². The van der Waals surface area contributed by atoms with E-state index in [9.17, 15) is 9.59 Å². The van der Waals surface area contributed by atoms with Crippen molar-refractivity contribution >= 4 is 17.6 Å². The molecule has 0 radical (unpaired) electrons. The van der Waals surface area contributed by atoms with E-state index >= 15 is 0 Å². The summed E-state index contributed by atoms with van der Waals surface area (Å²) in [5.41, 5.74) is 1.07. The first kappa shape index (κ1) is 18.5. The molecule has 1 saturated carbocycles. The molecule has 6 heteroatoms. The normalized spacial score (nSPS) is 22.5. The summed E-state index contributed by atoms with van der Waals surface area (Å²) in [5, 5.41) is 3.05. The van der Waals surface area contributed by atoms with Gasteiger partial charge < -0.3 is 15.1 Å². The van der Waals surface area contributed by atoms with Crippen molar-refractivity contribution in [1.82, 2.24) is 15.2 Å². The highest BCUT2D eigenvalue weighted by Crippen LogP contribution is 2.40. The van der Waals surface area contributed by atoms with E-state index in [4.69, 9.17) is 0 Å². The molecule has 6 nitrogen and oxygen atoms in total. The number of hydrogen-bond donors (Lipinski definition) is 1. The molecule has 0 bridgehead atoms. The van der Waals surface area contributed by atoms with Gasteiger partial charge in [-0.25, -0.2) is 4.98 Å². The van der Waals surface area contributed by atoms with Crippen LogP contribution in [-0.2, 0) is 9.59 Å². The second kappa shape index (κ2) is 8.00. The van der Waals surface area contributed by atoms with Gasteiger partial charge in [0.1, 0.15) is 5.82 Å².